The first-order valence-corrected chi connectivity index (χ1v) is 9.46. The first kappa shape index (κ1) is 20.5. The van der Waals surface area contributed by atoms with Gasteiger partial charge in [0.15, 0.2) is 0 Å². The number of phenols is 1. The number of halogens is 2. The van der Waals surface area contributed by atoms with Gasteiger partial charge in [0, 0.05) is 15.7 Å². The van der Waals surface area contributed by atoms with Crippen molar-refractivity contribution in [1.29, 1.82) is 5.26 Å². The molecule has 0 aromatic heterocycles. The second kappa shape index (κ2) is 9.29. The zero-order chi connectivity index (χ0) is 20.8. The van der Waals surface area contributed by atoms with Crippen molar-refractivity contribution in [2.24, 2.45) is 0 Å². The molecule has 0 spiro atoms. The van der Waals surface area contributed by atoms with Crippen molar-refractivity contribution in [1.82, 2.24) is 0 Å². The van der Waals surface area contributed by atoms with E-state index in [2.05, 4.69) is 5.32 Å². The SMILES string of the molecule is N#C/C(=C\c1cc(Cl)ccc1Cc1ccccc1Cl)C(=O)Nc1ccc(O)cc1. The summed E-state index contributed by atoms with van der Waals surface area (Å²) in [6.07, 6.45) is 2.04. The number of phenolic OH excluding ortho intramolecular Hbond substituents is 1. The number of carbonyl (C=O) groups excluding carboxylic acids is 1. The van der Waals surface area contributed by atoms with Crippen molar-refractivity contribution in [2.45, 2.75) is 6.42 Å². The lowest BCUT2D eigenvalue weighted by molar-refractivity contribution is -0.112. The van der Waals surface area contributed by atoms with Crippen LogP contribution in [0.5, 0.6) is 5.75 Å². The van der Waals surface area contributed by atoms with Crippen molar-refractivity contribution in [3.05, 3.63) is 99.0 Å². The highest BCUT2D eigenvalue weighted by atomic mass is 35.5. The van der Waals surface area contributed by atoms with Crippen molar-refractivity contribution in [3.8, 4) is 11.8 Å². The Bertz CT molecular complexity index is 1120. The smallest absolute Gasteiger partial charge is 0.266 e. The van der Waals surface area contributed by atoms with E-state index in [-0.39, 0.29) is 11.3 Å². The van der Waals surface area contributed by atoms with Gasteiger partial charge < -0.3 is 10.4 Å². The summed E-state index contributed by atoms with van der Waals surface area (Å²) in [6, 6.07) is 20.7. The number of benzene rings is 3. The summed E-state index contributed by atoms with van der Waals surface area (Å²) in [5.41, 5.74) is 2.87. The second-order valence-electron chi connectivity index (χ2n) is 6.28. The van der Waals surface area contributed by atoms with Gasteiger partial charge in [-0.05, 0) is 71.7 Å². The minimum absolute atomic E-state index is 0.0687. The number of nitriles is 1. The summed E-state index contributed by atoms with van der Waals surface area (Å²) in [5.74, 6) is -0.468. The Morgan fingerprint density at radius 1 is 1.03 bits per heavy atom. The van der Waals surface area contributed by atoms with Gasteiger partial charge in [0.05, 0.1) is 0 Å². The molecule has 0 heterocycles. The highest BCUT2D eigenvalue weighted by Gasteiger charge is 2.12. The van der Waals surface area contributed by atoms with Crippen LogP contribution < -0.4 is 5.32 Å². The first-order valence-electron chi connectivity index (χ1n) is 8.70. The van der Waals surface area contributed by atoms with Gasteiger partial charge in [-0.3, -0.25) is 4.79 Å². The molecule has 3 aromatic carbocycles. The van der Waals surface area contributed by atoms with Gasteiger partial charge in [0.25, 0.3) is 5.91 Å². The average Bonchev–Trinajstić information content (AvgIpc) is 2.71. The molecule has 0 unspecified atom stereocenters. The van der Waals surface area contributed by atoms with Crippen LogP contribution in [0.15, 0.2) is 72.3 Å². The third kappa shape index (κ3) is 5.39. The maximum atomic E-state index is 12.5. The molecule has 0 fully saturated rings. The maximum Gasteiger partial charge on any atom is 0.266 e. The van der Waals surface area contributed by atoms with Gasteiger partial charge in [-0.1, -0.05) is 47.5 Å². The van der Waals surface area contributed by atoms with E-state index in [1.165, 1.54) is 18.2 Å². The van der Waals surface area contributed by atoms with Crippen molar-refractivity contribution in [2.75, 3.05) is 5.32 Å². The van der Waals surface area contributed by atoms with Crippen molar-refractivity contribution >= 4 is 40.9 Å². The molecule has 0 saturated heterocycles. The number of hydrogen-bond donors (Lipinski definition) is 2. The predicted octanol–water partition coefficient (Wildman–Crippen LogP) is 5.84. The molecule has 0 atom stereocenters. The Morgan fingerprint density at radius 3 is 2.45 bits per heavy atom. The number of carbonyl (C=O) groups is 1. The van der Waals surface area contributed by atoms with Crippen LogP contribution >= 0.6 is 23.2 Å². The lowest BCUT2D eigenvalue weighted by Gasteiger charge is -2.10. The Morgan fingerprint density at radius 2 is 1.76 bits per heavy atom. The Labute approximate surface area is 178 Å². The van der Waals surface area contributed by atoms with Crippen LogP contribution in [0.2, 0.25) is 10.0 Å². The maximum absolute atomic E-state index is 12.5. The van der Waals surface area contributed by atoms with Crippen molar-refractivity contribution in [3.63, 3.8) is 0 Å². The van der Waals surface area contributed by atoms with E-state index in [9.17, 15) is 15.2 Å². The minimum Gasteiger partial charge on any atom is -0.508 e. The van der Waals surface area contributed by atoms with Gasteiger partial charge in [-0.25, -0.2) is 0 Å². The lowest BCUT2D eigenvalue weighted by Crippen LogP contribution is -2.13. The molecule has 0 aliphatic heterocycles. The molecule has 3 aromatic rings. The van der Waals surface area contributed by atoms with E-state index in [1.54, 1.807) is 24.3 Å². The van der Waals surface area contributed by atoms with Crippen LogP contribution in [-0.4, -0.2) is 11.0 Å². The molecule has 2 N–H and O–H groups in total. The van der Waals surface area contributed by atoms with E-state index in [0.717, 1.165) is 11.1 Å². The van der Waals surface area contributed by atoms with Crippen LogP contribution in [0, 0.1) is 11.3 Å². The number of anilines is 1. The zero-order valence-electron chi connectivity index (χ0n) is 15.2. The number of nitrogens with one attached hydrogen (secondary N) is 1. The summed E-state index contributed by atoms with van der Waals surface area (Å²) < 4.78 is 0. The van der Waals surface area contributed by atoms with E-state index < -0.39 is 5.91 Å². The summed E-state index contributed by atoms with van der Waals surface area (Å²) in [7, 11) is 0. The van der Waals surface area contributed by atoms with Crippen LogP contribution in [0.25, 0.3) is 6.08 Å². The topological polar surface area (TPSA) is 73.1 Å². The monoisotopic (exact) mass is 422 g/mol. The zero-order valence-corrected chi connectivity index (χ0v) is 16.7. The van der Waals surface area contributed by atoms with E-state index in [0.29, 0.717) is 27.7 Å². The van der Waals surface area contributed by atoms with Crippen molar-refractivity contribution < 1.29 is 9.90 Å². The summed E-state index contributed by atoms with van der Waals surface area (Å²) >= 11 is 12.4. The number of amides is 1. The fourth-order valence-corrected chi connectivity index (χ4v) is 3.14. The molecule has 0 aliphatic rings. The quantitative estimate of drug-likeness (QED) is 0.308. The fraction of sp³-hybridized carbons (Fsp3) is 0.0435. The van der Waals surface area contributed by atoms with Crippen LogP contribution in [0.4, 0.5) is 5.69 Å². The summed E-state index contributed by atoms with van der Waals surface area (Å²) in [4.78, 5) is 12.5. The van der Waals surface area contributed by atoms with Gasteiger partial charge in [0.2, 0.25) is 0 Å². The van der Waals surface area contributed by atoms with E-state index in [1.807, 2.05) is 36.4 Å². The molecular weight excluding hydrogens is 407 g/mol. The average molecular weight is 423 g/mol. The van der Waals surface area contributed by atoms with Gasteiger partial charge in [-0.2, -0.15) is 5.26 Å². The molecule has 0 bridgehead atoms. The highest BCUT2D eigenvalue weighted by molar-refractivity contribution is 6.31. The molecule has 0 saturated carbocycles. The Kier molecular flexibility index (Phi) is 6.56. The molecule has 6 heteroatoms. The number of hydrogen-bond acceptors (Lipinski definition) is 3. The van der Waals surface area contributed by atoms with Crippen LogP contribution in [-0.2, 0) is 11.2 Å². The molecule has 0 radical (unpaired) electrons. The normalized spacial score (nSPS) is 11.0. The van der Waals surface area contributed by atoms with E-state index >= 15 is 0 Å². The van der Waals surface area contributed by atoms with Crippen LogP contribution in [0.3, 0.4) is 0 Å². The lowest BCUT2D eigenvalue weighted by atomic mass is 9.98. The number of aromatic hydroxyl groups is 1. The molecular formula is C23H16Cl2N2O2. The second-order valence-corrected chi connectivity index (χ2v) is 7.13. The largest absolute Gasteiger partial charge is 0.508 e. The number of rotatable bonds is 5. The first-order chi connectivity index (χ1) is 14.0. The Hall–Kier alpha value is -3.26. The van der Waals surface area contributed by atoms with E-state index in [4.69, 9.17) is 23.2 Å². The third-order valence-electron chi connectivity index (χ3n) is 4.24. The van der Waals surface area contributed by atoms with Gasteiger partial charge >= 0.3 is 0 Å². The molecule has 0 aliphatic carbocycles. The summed E-state index contributed by atoms with van der Waals surface area (Å²) in [5, 5.41) is 22.6. The number of nitrogens with zero attached hydrogens (tertiary/aromatic N) is 1. The van der Waals surface area contributed by atoms with Gasteiger partial charge in [-0.15, -0.1) is 0 Å². The standard InChI is InChI=1S/C23H16Cl2N2O2/c24-19-6-5-15(11-16-3-1-2-4-22(16)25)17(13-19)12-18(14-26)23(29)27-20-7-9-21(28)10-8-20/h1-10,12-13,28H,11H2,(H,27,29)/b18-12+. The Balaban J connectivity index is 1.91. The third-order valence-corrected chi connectivity index (χ3v) is 4.84. The summed E-state index contributed by atoms with van der Waals surface area (Å²) in [6.45, 7) is 0. The molecule has 4 nitrogen and oxygen atoms in total. The molecule has 1 amide bonds. The highest BCUT2D eigenvalue weighted by Crippen LogP contribution is 2.25. The molecule has 144 valence electrons. The molecule has 3 rings (SSSR count). The minimum atomic E-state index is -0.554. The predicted molar refractivity (Wildman–Crippen MR) is 116 cm³/mol. The fourth-order valence-electron chi connectivity index (χ4n) is 2.76. The van der Waals surface area contributed by atoms with Gasteiger partial charge in [0.1, 0.15) is 17.4 Å². The molecule has 29 heavy (non-hydrogen) atoms. The van der Waals surface area contributed by atoms with Crippen LogP contribution in [0.1, 0.15) is 16.7 Å².